The Bertz CT molecular complexity index is 749. The number of hydrogen-bond donors (Lipinski definition) is 1. The average molecular weight is 391 g/mol. The first-order valence-corrected chi connectivity index (χ1v) is 10.6. The van der Waals surface area contributed by atoms with E-state index in [0.717, 1.165) is 30.1 Å². The van der Waals surface area contributed by atoms with Crippen LogP contribution in [0.4, 0.5) is 0 Å². The lowest BCUT2D eigenvalue weighted by molar-refractivity contribution is -0.154. The molecule has 3 fully saturated rings. The van der Waals surface area contributed by atoms with E-state index in [-0.39, 0.29) is 36.1 Å². The number of likely N-dealkylation sites (tertiary alicyclic amines) is 1. The van der Waals surface area contributed by atoms with Crippen molar-refractivity contribution >= 4 is 29.1 Å². The molecule has 0 spiro atoms. The Hall–Kier alpha value is -1.96. The molecule has 3 aliphatic rings. The summed E-state index contributed by atoms with van der Waals surface area (Å²) in [7, 11) is 0. The number of thiazole rings is 1. The summed E-state index contributed by atoms with van der Waals surface area (Å²) in [6.45, 7) is 4.74. The zero-order valence-electron chi connectivity index (χ0n) is 15.6. The number of amides is 3. The number of nitrogens with zero attached hydrogens (tertiary/aromatic N) is 3. The molecule has 0 radical (unpaired) electrons. The molecule has 0 bridgehead atoms. The molecule has 3 heterocycles. The molecule has 4 rings (SSSR count). The van der Waals surface area contributed by atoms with E-state index in [1.54, 1.807) is 16.2 Å². The third-order valence-electron chi connectivity index (χ3n) is 6.16. The fourth-order valence-corrected chi connectivity index (χ4v) is 5.22. The first-order chi connectivity index (χ1) is 13.0. The Morgan fingerprint density at radius 3 is 2.93 bits per heavy atom. The molecule has 146 valence electrons. The van der Waals surface area contributed by atoms with Gasteiger partial charge in [-0.15, -0.1) is 11.3 Å². The van der Waals surface area contributed by atoms with Gasteiger partial charge in [-0.2, -0.15) is 0 Å². The van der Waals surface area contributed by atoms with E-state index in [2.05, 4.69) is 10.3 Å². The van der Waals surface area contributed by atoms with E-state index >= 15 is 0 Å². The predicted octanol–water partition coefficient (Wildman–Crippen LogP) is 0.827. The van der Waals surface area contributed by atoms with Gasteiger partial charge in [0.05, 0.1) is 17.2 Å². The van der Waals surface area contributed by atoms with Crippen molar-refractivity contribution in [3.05, 3.63) is 16.1 Å². The zero-order chi connectivity index (χ0) is 19.0. The van der Waals surface area contributed by atoms with Crippen LogP contribution >= 0.6 is 11.3 Å². The summed E-state index contributed by atoms with van der Waals surface area (Å²) < 4.78 is 0. The van der Waals surface area contributed by atoms with Crippen molar-refractivity contribution in [3.63, 3.8) is 0 Å². The van der Waals surface area contributed by atoms with Crippen molar-refractivity contribution in [1.82, 2.24) is 20.1 Å². The summed E-state index contributed by atoms with van der Waals surface area (Å²) in [4.78, 5) is 45.0. The second kappa shape index (κ2) is 7.58. The standard InChI is InChI=1S/C19H26N4O3S/c1-12-21-14(11-27-12)2-3-18(25)22-6-4-13-8-15(16(13)9-22)19(26)23-7-5-20-17(24)10-23/h11,13,15-16H,2-10H2,1H3,(H,20,24)/t13-,15-,16-/m1/s1. The number of rotatable bonds is 4. The smallest absolute Gasteiger partial charge is 0.239 e. The van der Waals surface area contributed by atoms with E-state index in [0.29, 0.717) is 38.4 Å². The largest absolute Gasteiger partial charge is 0.353 e. The molecule has 0 aromatic carbocycles. The second-order valence-electron chi connectivity index (χ2n) is 7.86. The van der Waals surface area contributed by atoms with Crippen LogP contribution in [0, 0.1) is 24.7 Å². The van der Waals surface area contributed by atoms with Gasteiger partial charge in [0.25, 0.3) is 0 Å². The molecule has 0 unspecified atom stereocenters. The van der Waals surface area contributed by atoms with Crippen LogP contribution in [0.3, 0.4) is 0 Å². The molecule has 7 nitrogen and oxygen atoms in total. The van der Waals surface area contributed by atoms with Gasteiger partial charge in [0.15, 0.2) is 0 Å². The van der Waals surface area contributed by atoms with Crippen LogP contribution in [-0.4, -0.2) is 65.2 Å². The number of hydrogen-bond acceptors (Lipinski definition) is 5. The Morgan fingerprint density at radius 2 is 2.19 bits per heavy atom. The Kier molecular flexibility index (Phi) is 5.16. The summed E-state index contributed by atoms with van der Waals surface area (Å²) in [5.74, 6) is 0.943. The van der Waals surface area contributed by atoms with Crippen molar-refractivity contribution in [2.45, 2.75) is 32.6 Å². The van der Waals surface area contributed by atoms with Crippen molar-refractivity contribution in [3.8, 4) is 0 Å². The van der Waals surface area contributed by atoms with Gasteiger partial charge in [-0.3, -0.25) is 14.4 Å². The zero-order valence-corrected chi connectivity index (χ0v) is 16.5. The molecule has 8 heteroatoms. The number of piperazine rings is 1. The van der Waals surface area contributed by atoms with Crippen LogP contribution in [0.2, 0.25) is 0 Å². The van der Waals surface area contributed by atoms with Crippen LogP contribution in [0.5, 0.6) is 0 Å². The second-order valence-corrected chi connectivity index (χ2v) is 8.92. The minimum absolute atomic E-state index is 0.0299. The van der Waals surface area contributed by atoms with Gasteiger partial charge in [-0.25, -0.2) is 4.98 Å². The number of aryl methyl sites for hydroxylation is 2. The number of nitrogens with one attached hydrogen (secondary N) is 1. The first-order valence-electron chi connectivity index (χ1n) is 9.75. The lowest BCUT2D eigenvalue weighted by atomic mass is 9.61. The molecule has 1 aliphatic carbocycles. The molecule has 1 N–H and O–H groups in total. The van der Waals surface area contributed by atoms with E-state index in [9.17, 15) is 14.4 Å². The minimum Gasteiger partial charge on any atom is -0.353 e. The number of carbonyl (C=O) groups excluding carboxylic acids is 3. The summed E-state index contributed by atoms with van der Waals surface area (Å²) in [6, 6.07) is 0. The van der Waals surface area contributed by atoms with E-state index < -0.39 is 0 Å². The third kappa shape index (κ3) is 3.85. The topological polar surface area (TPSA) is 82.6 Å². The summed E-state index contributed by atoms with van der Waals surface area (Å²) in [5.41, 5.74) is 0.987. The highest BCUT2D eigenvalue weighted by Gasteiger charge is 2.49. The highest BCUT2D eigenvalue weighted by molar-refractivity contribution is 7.09. The first kappa shape index (κ1) is 18.4. The van der Waals surface area contributed by atoms with Gasteiger partial charge in [-0.05, 0) is 38.0 Å². The van der Waals surface area contributed by atoms with Crippen LogP contribution in [-0.2, 0) is 20.8 Å². The third-order valence-corrected chi connectivity index (χ3v) is 6.98. The van der Waals surface area contributed by atoms with Gasteiger partial charge >= 0.3 is 0 Å². The molecule has 3 amide bonds. The van der Waals surface area contributed by atoms with Crippen LogP contribution in [0.1, 0.15) is 30.0 Å². The van der Waals surface area contributed by atoms with Crippen molar-refractivity contribution in [1.29, 1.82) is 0 Å². The summed E-state index contributed by atoms with van der Waals surface area (Å²) in [5, 5.41) is 5.81. The number of carbonyl (C=O) groups is 3. The minimum atomic E-state index is -0.0804. The molecule has 3 atom stereocenters. The quantitative estimate of drug-likeness (QED) is 0.825. The van der Waals surface area contributed by atoms with Gasteiger partial charge < -0.3 is 15.1 Å². The highest BCUT2D eigenvalue weighted by atomic mass is 32.1. The highest BCUT2D eigenvalue weighted by Crippen LogP contribution is 2.46. The van der Waals surface area contributed by atoms with Crippen LogP contribution in [0.15, 0.2) is 5.38 Å². The Labute approximate surface area is 163 Å². The Balaban J connectivity index is 1.31. The normalized spacial score (nSPS) is 27.6. The number of fused-ring (bicyclic) bond motifs is 1. The average Bonchev–Trinajstić information content (AvgIpc) is 3.06. The fraction of sp³-hybridized carbons (Fsp3) is 0.684. The predicted molar refractivity (Wildman–Crippen MR) is 101 cm³/mol. The molecule has 1 aromatic heterocycles. The summed E-state index contributed by atoms with van der Waals surface area (Å²) >= 11 is 1.61. The molecular weight excluding hydrogens is 364 g/mol. The van der Waals surface area contributed by atoms with Gasteiger partial charge in [0.1, 0.15) is 0 Å². The fourth-order valence-electron chi connectivity index (χ4n) is 4.57. The molecule has 1 aromatic rings. The van der Waals surface area contributed by atoms with Gasteiger partial charge in [0, 0.05) is 43.9 Å². The maximum absolute atomic E-state index is 12.8. The Morgan fingerprint density at radius 1 is 1.33 bits per heavy atom. The van der Waals surface area contributed by atoms with Gasteiger partial charge in [0.2, 0.25) is 17.7 Å². The molecule has 27 heavy (non-hydrogen) atoms. The number of aromatic nitrogens is 1. The monoisotopic (exact) mass is 390 g/mol. The van der Waals surface area contributed by atoms with E-state index in [1.807, 2.05) is 17.2 Å². The van der Waals surface area contributed by atoms with Crippen molar-refractivity contribution in [2.24, 2.45) is 17.8 Å². The lowest BCUT2D eigenvalue weighted by Crippen LogP contribution is -2.59. The van der Waals surface area contributed by atoms with Crippen molar-refractivity contribution in [2.75, 3.05) is 32.7 Å². The van der Waals surface area contributed by atoms with E-state index in [4.69, 9.17) is 0 Å². The van der Waals surface area contributed by atoms with E-state index in [1.165, 1.54) is 0 Å². The maximum atomic E-state index is 12.8. The maximum Gasteiger partial charge on any atom is 0.239 e. The molecule has 1 saturated carbocycles. The van der Waals surface area contributed by atoms with Crippen molar-refractivity contribution < 1.29 is 14.4 Å². The van der Waals surface area contributed by atoms with Crippen LogP contribution < -0.4 is 5.32 Å². The molecule has 2 saturated heterocycles. The lowest BCUT2D eigenvalue weighted by Gasteiger charge is -2.51. The number of piperidine rings is 1. The molecule has 2 aliphatic heterocycles. The van der Waals surface area contributed by atoms with Gasteiger partial charge in [-0.1, -0.05) is 0 Å². The summed E-state index contributed by atoms with van der Waals surface area (Å²) in [6.07, 6.45) is 3.04. The SMILES string of the molecule is Cc1nc(CCC(=O)N2CC[C@@H]3C[C@@H](C(=O)N4CCNC(=O)C4)[C@@H]3C2)cs1. The molecular formula is C19H26N4O3S. The van der Waals surface area contributed by atoms with Crippen LogP contribution in [0.25, 0.3) is 0 Å².